The van der Waals surface area contributed by atoms with Crippen LogP contribution in [0.15, 0.2) is 59.8 Å². The first kappa shape index (κ1) is 14.8. The summed E-state index contributed by atoms with van der Waals surface area (Å²) in [5, 5.41) is 12.9. The van der Waals surface area contributed by atoms with Crippen LogP contribution in [0.3, 0.4) is 0 Å². The van der Waals surface area contributed by atoms with Crippen LogP contribution in [0.4, 0.5) is 0 Å². The van der Waals surface area contributed by atoms with E-state index in [1.54, 1.807) is 0 Å². The molecule has 0 radical (unpaired) electrons. The third-order valence-corrected chi connectivity index (χ3v) is 3.86. The van der Waals surface area contributed by atoms with Crippen LogP contribution in [0, 0.1) is 0 Å². The number of benzene rings is 2. The van der Waals surface area contributed by atoms with Crippen LogP contribution < -0.4 is 0 Å². The summed E-state index contributed by atoms with van der Waals surface area (Å²) < 4.78 is 5.38. The first-order chi connectivity index (χ1) is 10.9. The van der Waals surface area contributed by atoms with Gasteiger partial charge in [0.05, 0.1) is 13.2 Å². The fourth-order valence-corrected chi connectivity index (χ4v) is 2.71. The monoisotopic (exact) mass is 296 g/mol. The Labute approximate surface area is 130 Å². The largest absolute Gasteiger partial charge is 0.410 e. The van der Waals surface area contributed by atoms with Gasteiger partial charge in [0, 0.05) is 30.8 Å². The van der Waals surface area contributed by atoms with Crippen molar-refractivity contribution in [1.29, 1.82) is 0 Å². The van der Waals surface area contributed by atoms with Gasteiger partial charge < -0.3 is 9.94 Å². The zero-order chi connectivity index (χ0) is 15.2. The number of ether oxygens (including phenoxy) is 1. The smallest absolute Gasteiger partial charge is 0.117 e. The Morgan fingerprint density at radius 2 is 1.73 bits per heavy atom. The molecule has 1 aliphatic rings. The van der Waals surface area contributed by atoms with Crippen molar-refractivity contribution >= 4 is 5.71 Å². The van der Waals surface area contributed by atoms with Gasteiger partial charge in [-0.3, -0.25) is 4.90 Å². The standard InChI is InChI=1S/C18H20N2O2/c21-19-18(16-6-2-1-3-7-16)17-8-4-5-15(13-17)14-20-9-11-22-12-10-20/h1-8,13,21H,9-12,14H2. The first-order valence-corrected chi connectivity index (χ1v) is 7.54. The molecule has 0 bridgehead atoms. The SMILES string of the molecule is ON=C(c1ccccc1)c1cccc(CN2CCOCC2)c1. The zero-order valence-corrected chi connectivity index (χ0v) is 12.5. The minimum absolute atomic E-state index is 0.601. The molecular weight excluding hydrogens is 276 g/mol. The number of oxime groups is 1. The number of hydrogen-bond donors (Lipinski definition) is 1. The summed E-state index contributed by atoms with van der Waals surface area (Å²) >= 11 is 0. The third kappa shape index (κ3) is 3.53. The molecule has 1 saturated heterocycles. The van der Waals surface area contributed by atoms with Crippen molar-refractivity contribution in [3.8, 4) is 0 Å². The second-order valence-corrected chi connectivity index (χ2v) is 5.40. The van der Waals surface area contributed by atoms with Gasteiger partial charge in [-0.25, -0.2) is 0 Å². The number of hydrogen-bond acceptors (Lipinski definition) is 4. The van der Waals surface area contributed by atoms with Gasteiger partial charge in [0.2, 0.25) is 0 Å². The van der Waals surface area contributed by atoms with E-state index in [2.05, 4.69) is 22.2 Å². The third-order valence-electron chi connectivity index (χ3n) is 3.86. The molecule has 1 aliphatic heterocycles. The maximum atomic E-state index is 9.41. The number of nitrogens with zero attached hydrogens (tertiary/aromatic N) is 2. The van der Waals surface area contributed by atoms with E-state index in [9.17, 15) is 5.21 Å². The zero-order valence-electron chi connectivity index (χ0n) is 12.5. The molecular formula is C18H20N2O2. The van der Waals surface area contributed by atoms with E-state index >= 15 is 0 Å². The van der Waals surface area contributed by atoms with E-state index in [1.807, 2.05) is 42.5 Å². The molecule has 4 nitrogen and oxygen atoms in total. The Morgan fingerprint density at radius 1 is 1.00 bits per heavy atom. The van der Waals surface area contributed by atoms with Gasteiger partial charge >= 0.3 is 0 Å². The summed E-state index contributed by atoms with van der Waals surface area (Å²) in [4.78, 5) is 2.38. The molecule has 0 unspecified atom stereocenters. The second-order valence-electron chi connectivity index (χ2n) is 5.40. The molecule has 4 heteroatoms. The van der Waals surface area contributed by atoms with Crippen molar-refractivity contribution in [2.75, 3.05) is 26.3 Å². The second kappa shape index (κ2) is 7.20. The van der Waals surface area contributed by atoms with E-state index in [1.165, 1.54) is 5.56 Å². The Hall–Kier alpha value is -2.17. The Balaban J connectivity index is 1.80. The fourth-order valence-electron chi connectivity index (χ4n) is 2.71. The van der Waals surface area contributed by atoms with E-state index in [0.29, 0.717) is 5.71 Å². The highest BCUT2D eigenvalue weighted by atomic mass is 16.5. The van der Waals surface area contributed by atoms with Gasteiger partial charge in [-0.05, 0) is 11.6 Å². The minimum atomic E-state index is 0.601. The van der Waals surface area contributed by atoms with Crippen molar-refractivity contribution in [2.24, 2.45) is 5.16 Å². The van der Waals surface area contributed by atoms with Crippen LogP contribution in [0.5, 0.6) is 0 Å². The first-order valence-electron chi connectivity index (χ1n) is 7.54. The van der Waals surface area contributed by atoms with Crippen molar-refractivity contribution in [3.05, 3.63) is 71.3 Å². The summed E-state index contributed by atoms with van der Waals surface area (Å²) in [5.74, 6) is 0. The van der Waals surface area contributed by atoms with Crippen molar-refractivity contribution < 1.29 is 9.94 Å². The molecule has 1 heterocycles. The van der Waals surface area contributed by atoms with Crippen LogP contribution in [0.1, 0.15) is 16.7 Å². The molecule has 114 valence electrons. The average Bonchev–Trinajstić information content (AvgIpc) is 2.58. The average molecular weight is 296 g/mol. The predicted molar refractivity (Wildman–Crippen MR) is 86.4 cm³/mol. The maximum absolute atomic E-state index is 9.41. The summed E-state index contributed by atoms with van der Waals surface area (Å²) in [6.45, 7) is 4.42. The van der Waals surface area contributed by atoms with Gasteiger partial charge in [-0.1, -0.05) is 53.7 Å². The molecule has 0 spiro atoms. The quantitative estimate of drug-likeness (QED) is 0.536. The van der Waals surface area contributed by atoms with Gasteiger partial charge in [0.15, 0.2) is 0 Å². The number of rotatable bonds is 4. The summed E-state index contributed by atoms with van der Waals surface area (Å²) in [6, 6.07) is 17.9. The molecule has 3 rings (SSSR count). The Bertz CT molecular complexity index is 635. The highest BCUT2D eigenvalue weighted by Crippen LogP contribution is 2.14. The van der Waals surface area contributed by atoms with Crippen LogP contribution in [-0.4, -0.2) is 42.1 Å². The van der Waals surface area contributed by atoms with Crippen LogP contribution in [0.2, 0.25) is 0 Å². The normalized spacial score (nSPS) is 16.6. The lowest BCUT2D eigenvalue weighted by molar-refractivity contribution is 0.0342. The molecule has 22 heavy (non-hydrogen) atoms. The van der Waals surface area contributed by atoms with E-state index in [4.69, 9.17) is 4.74 Å². The molecule has 0 aromatic heterocycles. The van der Waals surface area contributed by atoms with Crippen LogP contribution in [-0.2, 0) is 11.3 Å². The van der Waals surface area contributed by atoms with Crippen molar-refractivity contribution in [2.45, 2.75) is 6.54 Å². The summed E-state index contributed by atoms with van der Waals surface area (Å²) in [5.41, 5.74) is 3.66. The van der Waals surface area contributed by atoms with Crippen LogP contribution >= 0.6 is 0 Å². The molecule has 0 saturated carbocycles. The predicted octanol–water partition coefficient (Wildman–Crippen LogP) is 2.75. The highest BCUT2D eigenvalue weighted by Gasteiger charge is 2.12. The molecule has 2 aromatic carbocycles. The molecule has 0 amide bonds. The van der Waals surface area contributed by atoms with E-state index < -0.39 is 0 Å². The topological polar surface area (TPSA) is 45.1 Å². The maximum Gasteiger partial charge on any atom is 0.117 e. The molecule has 0 atom stereocenters. The van der Waals surface area contributed by atoms with Gasteiger partial charge in [0.1, 0.15) is 5.71 Å². The fraction of sp³-hybridized carbons (Fsp3) is 0.278. The number of morpholine rings is 1. The molecule has 1 N–H and O–H groups in total. The van der Waals surface area contributed by atoms with Crippen molar-refractivity contribution in [3.63, 3.8) is 0 Å². The lowest BCUT2D eigenvalue weighted by Crippen LogP contribution is -2.35. The molecule has 2 aromatic rings. The van der Waals surface area contributed by atoms with E-state index in [-0.39, 0.29) is 0 Å². The molecule has 0 aliphatic carbocycles. The Morgan fingerprint density at radius 3 is 2.45 bits per heavy atom. The van der Waals surface area contributed by atoms with Crippen LogP contribution in [0.25, 0.3) is 0 Å². The minimum Gasteiger partial charge on any atom is -0.410 e. The van der Waals surface area contributed by atoms with Gasteiger partial charge in [0.25, 0.3) is 0 Å². The van der Waals surface area contributed by atoms with Crippen molar-refractivity contribution in [1.82, 2.24) is 4.90 Å². The highest BCUT2D eigenvalue weighted by molar-refractivity contribution is 6.12. The summed E-state index contributed by atoms with van der Waals surface area (Å²) in [6.07, 6.45) is 0. The Kier molecular flexibility index (Phi) is 4.83. The van der Waals surface area contributed by atoms with Gasteiger partial charge in [-0.15, -0.1) is 0 Å². The lowest BCUT2D eigenvalue weighted by atomic mass is 10.0. The van der Waals surface area contributed by atoms with Gasteiger partial charge in [-0.2, -0.15) is 0 Å². The lowest BCUT2D eigenvalue weighted by Gasteiger charge is -2.26. The summed E-state index contributed by atoms with van der Waals surface area (Å²) in [7, 11) is 0. The van der Waals surface area contributed by atoms with E-state index in [0.717, 1.165) is 44.0 Å². The molecule has 1 fully saturated rings.